The van der Waals surface area contributed by atoms with Crippen molar-refractivity contribution in [2.75, 3.05) is 0 Å². The third kappa shape index (κ3) is 2.13. The van der Waals surface area contributed by atoms with Crippen LogP contribution in [0.2, 0.25) is 0 Å². The van der Waals surface area contributed by atoms with E-state index in [1.807, 2.05) is 17.5 Å². The van der Waals surface area contributed by atoms with E-state index in [4.69, 9.17) is 11.6 Å². The monoisotopic (exact) mass is 288 g/mol. The topological polar surface area (TPSA) is 25.8 Å². The summed E-state index contributed by atoms with van der Waals surface area (Å²) in [6, 6.07) is 3.92. The summed E-state index contributed by atoms with van der Waals surface area (Å²) in [6.45, 7) is 0. The molecule has 0 aliphatic rings. The van der Waals surface area contributed by atoms with Crippen molar-refractivity contribution in [1.29, 1.82) is 0 Å². The Labute approximate surface area is 99.1 Å². The van der Waals surface area contributed by atoms with E-state index < -0.39 is 0 Å². The summed E-state index contributed by atoms with van der Waals surface area (Å²) in [7, 11) is 0. The first-order valence-electron chi connectivity index (χ1n) is 3.92. The van der Waals surface area contributed by atoms with E-state index >= 15 is 0 Å². The van der Waals surface area contributed by atoms with Gasteiger partial charge in [0.1, 0.15) is 5.82 Å². The van der Waals surface area contributed by atoms with Crippen LogP contribution in [0.5, 0.6) is 0 Å². The maximum Gasteiger partial charge on any atom is 0.143 e. The minimum atomic E-state index is 0.348. The molecule has 0 amide bonds. The zero-order valence-corrected chi connectivity index (χ0v) is 10.2. The van der Waals surface area contributed by atoms with Gasteiger partial charge in [-0.2, -0.15) is 0 Å². The summed E-state index contributed by atoms with van der Waals surface area (Å²) in [6.07, 6.45) is 1.73. The zero-order chi connectivity index (χ0) is 9.97. The standard InChI is InChI=1S/C9H6BrClN2S/c10-6-3-8(14-5-6)7-1-2-12-9(4-11)13-7/h1-3,5H,4H2. The lowest BCUT2D eigenvalue weighted by Gasteiger charge is -1.97. The van der Waals surface area contributed by atoms with Crippen LogP contribution < -0.4 is 0 Å². The van der Waals surface area contributed by atoms with Crippen LogP contribution in [0.1, 0.15) is 5.82 Å². The van der Waals surface area contributed by atoms with Gasteiger partial charge in [0, 0.05) is 16.0 Å². The highest BCUT2D eigenvalue weighted by atomic mass is 79.9. The Bertz CT molecular complexity index is 444. The molecule has 14 heavy (non-hydrogen) atoms. The van der Waals surface area contributed by atoms with Crippen molar-refractivity contribution in [2.24, 2.45) is 0 Å². The maximum atomic E-state index is 5.66. The van der Waals surface area contributed by atoms with Crippen molar-refractivity contribution in [3.8, 4) is 10.6 Å². The van der Waals surface area contributed by atoms with Gasteiger partial charge >= 0.3 is 0 Å². The quantitative estimate of drug-likeness (QED) is 0.788. The summed E-state index contributed by atoms with van der Waals surface area (Å²) in [5.74, 6) is 1.01. The molecule has 0 bridgehead atoms. The molecule has 0 aliphatic carbocycles. The van der Waals surface area contributed by atoms with Gasteiger partial charge in [-0.25, -0.2) is 9.97 Å². The van der Waals surface area contributed by atoms with Gasteiger partial charge in [-0.3, -0.25) is 0 Å². The second-order valence-corrected chi connectivity index (χ2v) is 4.72. The first kappa shape index (κ1) is 10.1. The summed E-state index contributed by atoms with van der Waals surface area (Å²) >= 11 is 10.7. The molecule has 0 atom stereocenters. The van der Waals surface area contributed by atoms with Crippen LogP contribution in [-0.2, 0) is 5.88 Å². The van der Waals surface area contributed by atoms with Crippen molar-refractivity contribution in [3.05, 3.63) is 34.0 Å². The van der Waals surface area contributed by atoms with Crippen molar-refractivity contribution in [1.82, 2.24) is 9.97 Å². The zero-order valence-electron chi connectivity index (χ0n) is 7.08. The fourth-order valence-electron chi connectivity index (χ4n) is 1.05. The predicted octanol–water partition coefficient (Wildman–Crippen LogP) is 3.71. The Kier molecular flexibility index (Phi) is 3.15. The molecule has 2 nitrogen and oxygen atoms in total. The van der Waals surface area contributed by atoms with Crippen LogP contribution in [0.3, 0.4) is 0 Å². The lowest BCUT2D eigenvalue weighted by Crippen LogP contribution is -1.91. The molecule has 0 radical (unpaired) electrons. The molecule has 0 unspecified atom stereocenters. The summed E-state index contributed by atoms with van der Waals surface area (Å²) in [5.41, 5.74) is 0.923. The van der Waals surface area contributed by atoms with Crippen LogP contribution in [0.15, 0.2) is 28.2 Å². The van der Waals surface area contributed by atoms with Crippen LogP contribution >= 0.6 is 38.9 Å². The number of aromatic nitrogens is 2. The number of rotatable bonds is 2. The summed E-state index contributed by atoms with van der Waals surface area (Å²) in [4.78, 5) is 9.48. The Balaban J connectivity index is 2.41. The van der Waals surface area contributed by atoms with Crippen LogP contribution in [0, 0.1) is 0 Å². The molecule has 72 valence electrons. The van der Waals surface area contributed by atoms with E-state index in [0.29, 0.717) is 11.7 Å². The van der Waals surface area contributed by atoms with Gasteiger partial charge in [-0.05, 0) is 28.1 Å². The first-order valence-corrected chi connectivity index (χ1v) is 6.12. The Morgan fingerprint density at radius 2 is 2.36 bits per heavy atom. The molecule has 0 aliphatic heterocycles. The second-order valence-electron chi connectivity index (χ2n) is 2.62. The number of alkyl halides is 1. The van der Waals surface area contributed by atoms with E-state index in [1.54, 1.807) is 17.5 Å². The van der Waals surface area contributed by atoms with Gasteiger partial charge in [-0.1, -0.05) is 0 Å². The van der Waals surface area contributed by atoms with Crippen molar-refractivity contribution in [3.63, 3.8) is 0 Å². The highest BCUT2D eigenvalue weighted by molar-refractivity contribution is 9.10. The molecule has 0 fully saturated rings. The SMILES string of the molecule is ClCc1nccc(-c2cc(Br)cs2)n1. The van der Waals surface area contributed by atoms with Crippen LogP contribution in [0.25, 0.3) is 10.6 Å². The molecule has 0 aromatic carbocycles. The third-order valence-electron chi connectivity index (χ3n) is 1.64. The molecule has 2 aromatic rings. The number of halogens is 2. The average molecular weight is 290 g/mol. The molecular weight excluding hydrogens is 284 g/mol. The van der Waals surface area contributed by atoms with Gasteiger partial charge in [0.15, 0.2) is 0 Å². The number of thiophene rings is 1. The van der Waals surface area contributed by atoms with Gasteiger partial charge < -0.3 is 0 Å². The Hall–Kier alpha value is -0.450. The molecule has 2 aromatic heterocycles. The molecule has 0 saturated carbocycles. The fourth-order valence-corrected chi connectivity index (χ4v) is 2.57. The van der Waals surface area contributed by atoms with Crippen LogP contribution in [0.4, 0.5) is 0 Å². The van der Waals surface area contributed by atoms with E-state index in [0.717, 1.165) is 15.0 Å². The summed E-state index contributed by atoms with van der Waals surface area (Å²) < 4.78 is 1.07. The van der Waals surface area contributed by atoms with Crippen molar-refractivity contribution >= 4 is 38.9 Å². The minimum absolute atomic E-state index is 0.348. The molecule has 0 saturated heterocycles. The normalized spacial score (nSPS) is 10.4. The highest BCUT2D eigenvalue weighted by Crippen LogP contribution is 2.28. The van der Waals surface area contributed by atoms with Gasteiger partial charge in [0.25, 0.3) is 0 Å². The molecular formula is C9H6BrClN2S. The van der Waals surface area contributed by atoms with Crippen molar-refractivity contribution in [2.45, 2.75) is 5.88 Å². The average Bonchev–Trinajstić information content (AvgIpc) is 2.65. The maximum absolute atomic E-state index is 5.66. The largest absolute Gasteiger partial charge is 0.240 e. The highest BCUT2D eigenvalue weighted by Gasteiger charge is 2.03. The van der Waals surface area contributed by atoms with Crippen molar-refractivity contribution < 1.29 is 0 Å². The lowest BCUT2D eigenvalue weighted by atomic mass is 10.3. The Morgan fingerprint density at radius 1 is 1.50 bits per heavy atom. The van der Waals surface area contributed by atoms with Gasteiger partial charge in [0.2, 0.25) is 0 Å². The van der Waals surface area contributed by atoms with E-state index in [1.165, 1.54) is 0 Å². The Morgan fingerprint density at radius 3 is 3.00 bits per heavy atom. The molecule has 0 spiro atoms. The summed E-state index contributed by atoms with van der Waals surface area (Å²) in [5, 5.41) is 2.03. The fraction of sp³-hybridized carbons (Fsp3) is 0.111. The minimum Gasteiger partial charge on any atom is -0.240 e. The smallest absolute Gasteiger partial charge is 0.143 e. The first-order chi connectivity index (χ1) is 6.79. The number of hydrogen-bond acceptors (Lipinski definition) is 3. The van der Waals surface area contributed by atoms with E-state index in [-0.39, 0.29) is 0 Å². The van der Waals surface area contributed by atoms with E-state index in [9.17, 15) is 0 Å². The van der Waals surface area contributed by atoms with E-state index in [2.05, 4.69) is 25.9 Å². The lowest BCUT2D eigenvalue weighted by molar-refractivity contribution is 1.04. The molecule has 2 rings (SSSR count). The third-order valence-corrected chi connectivity index (χ3v) is 3.60. The molecule has 0 N–H and O–H groups in total. The molecule has 5 heteroatoms. The van der Waals surface area contributed by atoms with Gasteiger partial charge in [-0.15, -0.1) is 22.9 Å². The number of nitrogens with zero attached hydrogens (tertiary/aromatic N) is 2. The predicted molar refractivity (Wildman–Crippen MR) is 62.6 cm³/mol. The van der Waals surface area contributed by atoms with Crippen LogP contribution in [-0.4, -0.2) is 9.97 Å². The number of hydrogen-bond donors (Lipinski definition) is 0. The molecule has 2 heterocycles. The second kappa shape index (κ2) is 4.38. The van der Waals surface area contributed by atoms with Gasteiger partial charge in [0.05, 0.1) is 16.5 Å².